The lowest BCUT2D eigenvalue weighted by atomic mass is 10.0. The van der Waals surface area contributed by atoms with E-state index in [1.54, 1.807) is 0 Å². The Morgan fingerprint density at radius 3 is 2.42 bits per heavy atom. The van der Waals surface area contributed by atoms with E-state index in [1.807, 2.05) is 34.6 Å². The molecule has 19 heavy (non-hydrogen) atoms. The number of rotatable bonds is 4. The maximum Gasteiger partial charge on any atom is 0.308 e. The average molecular weight is 274 g/mol. The molecule has 0 aromatic carbocycles. The minimum absolute atomic E-state index is 0.0693. The largest absolute Gasteiger partial charge is 0.460 e. The molecule has 0 amide bonds. The van der Waals surface area contributed by atoms with Crippen LogP contribution in [-0.2, 0) is 19.0 Å². The molecule has 2 atom stereocenters. The Kier molecular flexibility index (Phi) is 5.35. The fraction of sp³-hybridized carbons (Fsp3) is 0.929. The second-order valence-electron chi connectivity index (χ2n) is 6.42. The number of carbonyl (C=O) groups is 1. The van der Waals surface area contributed by atoms with Crippen LogP contribution in [-0.4, -0.2) is 41.3 Å². The van der Waals surface area contributed by atoms with Gasteiger partial charge in [0.05, 0.1) is 18.6 Å². The van der Waals surface area contributed by atoms with Gasteiger partial charge >= 0.3 is 5.97 Å². The number of hydrogen-bond acceptors (Lipinski definition) is 5. The monoisotopic (exact) mass is 274 g/mol. The average Bonchev–Trinajstić information content (AvgIpc) is 2.10. The predicted octanol–water partition coefficient (Wildman–Crippen LogP) is 2.01. The maximum atomic E-state index is 11.8. The Bertz CT molecular complexity index is 305. The first-order chi connectivity index (χ1) is 8.61. The molecule has 0 aliphatic carbocycles. The van der Waals surface area contributed by atoms with Gasteiger partial charge in [-0.25, -0.2) is 0 Å². The summed E-state index contributed by atoms with van der Waals surface area (Å²) in [7, 11) is 0. The van der Waals surface area contributed by atoms with Crippen molar-refractivity contribution in [1.29, 1.82) is 0 Å². The van der Waals surface area contributed by atoms with E-state index >= 15 is 0 Å². The van der Waals surface area contributed by atoms with Gasteiger partial charge in [0.15, 0.2) is 5.79 Å². The molecule has 1 aliphatic rings. The molecule has 1 aliphatic heterocycles. The molecule has 0 saturated carbocycles. The van der Waals surface area contributed by atoms with Gasteiger partial charge in [-0.3, -0.25) is 4.79 Å². The van der Waals surface area contributed by atoms with Crippen molar-refractivity contribution in [2.24, 2.45) is 0 Å². The standard InChI is InChI=1S/C14H26O5/c1-13(2,3)19-12(16)9-11-8-10(6-7-15)17-14(4,5)18-11/h10-11,15H,6-9H2,1-5H3. The van der Waals surface area contributed by atoms with Crippen molar-refractivity contribution in [3.8, 4) is 0 Å². The summed E-state index contributed by atoms with van der Waals surface area (Å²) in [5.74, 6) is -0.997. The maximum absolute atomic E-state index is 11.8. The first kappa shape index (κ1) is 16.4. The number of hydrogen-bond donors (Lipinski definition) is 1. The molecule has 0 aromatic rings. The van der Waals surface area contributed by atoms with Crippen LogP contribution in [0.4, 0.5) is 0 Å². The zero-order chi connectivity index (χ0) is 14.7. The summed E-state index contributed by atoms with van der Waals surface area (Å²) in [6.45, 7) is 9.23. The Morgan fingerprint density at radius 2 is 1.89 bits per heavy atom. The molecule has 1 saturated heterocycles. The number of ether oxygens (including phenoxy) is 3. The van der Waals surface area contributed by atoms with E-state index in [4.69, 9.17) is 19.3 Å². The number of aliphatic hydroxyl groups is 1. The van der Waals surface area contributed by atoms with Crippen LogP contribution in [0.1, 0.15) is 53.9 Å². The molecule has 0 aromatic heterocycles. The highest BCUT2D eigenvalue weighted by molar-refractivity contribution is 5.70. The van der Waals surface area contributed by atoms with Crippen molar-refractivity contribution in [3.05, 3.63) is 0 Å². The highest BCUT2D eigenvalue weighted by Gasteiger charge is 2.36. The summed E-state index contributed by atoms with van der Waals surface area (Å²) in [6, 6.07) is 0. The zero-order valence-electron chi connectivity index (χ0n) is 12.6. The van der Waals surface area contributed by atoms with Gasteiger partial charge in [0.25, 0.3) is 0 Å². The molecule has 112 valence electrons. The lowest BCUT2D eigenvalue weighted by Gasteiger charge is -2.40. The van der Waals surface area contributed by atoms with E-state index in [2.05, 4.69) is 0 Å². The van der Waals surface area contributed by atoms with E-state index in [0.717, 1.165) is 0 Å². The topological polar surface area (TPSA) is 65.0 Å². The van der Waals surface area contributed by atoms with E-state index in [-0.39, 0.29) is 31.2 Å². The van der Waals surface area contributed by atoms with Crippen molar-refractivity contribution in [3.63, 3.8) is 0 Å². The fourth-order valence-electron chi connectivity index (χ4n) is 2.23. The van der Waals surface area contributed by atoms with Crippen LogP contribution < -0.4 is 0 Å². The van der Waals surface area contributed by atoms with E-state index in [1.165, 1.54) is 0 Å². The molecule has 1 rings (SSSR count). The van der Waals surface area contributed by atoms with Gasteiger partial charge in [-0.05, 0) is 41.0 Å². The number of esters is 1. The Balaban J connectivity index is 2.54. The van der Waals surface area contributed by atoms with Crippen LogP contribution in [0.5, 0.6) is 0 Å². The smallest absolute Gasteiger partial charge is 0.308 e. The molecule has 5 heteroatoms. The molecule has 1 fully saturated rings. The Labute approximate surface area is 115 Å². The van der Waals surface area contributed by atoms with Gasteiger partial charge in [0.2, 0.25) is 0 Å². The molecule has 0 bridgehead atoms. The summed E-state index contributed by atoms with van der Waals surface area (Å²) in [5, 5.41) is 9.00. The van der Waals surface area contributed by atoms with Gasteiger partial charge in [-0.1, -0.05) is 0 Å². The molecule has 0 spiro atoms. The van der Waals surface area contributed by atoms with Crippen LogP contribution in [0.3, 0.4) is 0 Å². The second-order valence-corrected chi connectivity index (χ2v) is 6.42. The van der Waals surface area contributed by atoms with Gasteiger partial charge in [-0.15, -0.1) is 0 Å². The van der Waals surface area contributed by atoms with Gasteiger partial charge in [0, 0.05) is 13.0 Å². The summed E-state index contributed by atoms with van der Waals surface area (Å²) >= 11 is 0. The van der Waals surface area contributed by atoms with Crippen LogP contribution in [0.25, 0.3) is 0 Å². The van der Waals surface area contributed by atoms with Gasteiger partial charge in [-0.2, -0.15) is 0 Å². The third kappa shape index (κ3) is 6.36. The highest BCUT2D eigenvalue weighted by Crippen LogP contribution is 2.30. The SMILES string of the molecule is CC(C)(C)OC(=O)CC1CC(CCO)OC(C)(C)O1. The van der Waals surface area contributed by atoms with Crippen molar-refractivity contribution >= 4 is 5.97 Å². The van der Waals surface area contributed by atoms with Crippen LogP contribution in [0.15, 0.2) is 0 Å². The molecule has 0 radical (unpaired) electrons. The van der Waals surface area contributed by atoms with Crippen molar-refractivity contribution in [2.45, 2.75) is 77.5 Å². The lowest BCUT2D eigenvalue weighted by Crippen LogP contribution is -2.45. The van der Waals surface area contributed by atoms with E-state index in [9.17, 15) is 4.79 Å². The van der Waals surface area contributed by atoms with Crippen molar-refractivity contribution in [1.82, 2.24) is 0 Å². The quantitative estimate of drug-likeness (QED) is 0.794. The van der Waals surface area contributed by atoms with E-state index < -0.39 is 11.4 Å². The zero-order valence-corrected chi connectivity index (χ0v) is 12.6. The minimum atomic E-state index is -0.731. The van der Waals surface area contributed by atoms with Gasteiger partial charge < -0.3 is 19.3 Å². The van der Waals surface area contributed by atoms with Crippen LogP contribution >= 0.6 is 0 Å². The highest BCUT2D eigenvalue weighted by atomic mass is 16.7. The molecule has 2 unspecified atom stereocenters. The van der Waals surface area contributed by atoms with E-state index in [0.29, 0.717) is 12.8 Å². The third-order valence-electron chi connectivity index (χ3n) is 2.69. The first-order valence-electron chi connectivity index (χ1n) is 6.79. The second kappa shape index (κ2) is 6.20. The van der Waals surface area contributed by atoms with Crippen molar-refractivity contribution < 1.29 is 24.1 Å². The number of aliphatic hydroxyl groups excluding tert-OH is 1. The molecular formula is C14H26O5. The summed E-state index contributed by atoms with van der Waals surface area (Å²) in [6.07, 6.45) is 1.06. The van der Waals surface area contributed by atoms with Gasteiger partial charge in [0.1, 0.15) is 5.60 Å². The van der Waals surface area contributed by atoms with Crippen LogP contribution in [0, 0.1) is 0 Å². The Hall–Kier alpha value is -0.650. The lowest BCUT2D eigenvalue weighted by molar-refractivity contribution is -0.301. The molecule has 1 N–H and O–H groups in total. The minimum Gasteiger partial charge on any atom is -0.460 e. The Morgan fingerprint density at radius 1 is 1.32 bits per heavy atom. The summed E-state index contributed by atoms with van der Waals surface area (Å²) in [5.41, 5.74) is -0.484. The number of carbonyl (C=O) groups excluding carboxylic acids is 1. The fourth-order valence-corrected chi connectivity index (χ4v) is 2.23. The van der Waals surface area contributed by atoms with Crippen molar-refractivity contribution in [2.75, 3.05) is 6.61 Å². The molecular weight excluding hydrogens is 248 g/mol. The van der Waals surface area contributed by atoms with Crippen LogP contribution in [0.2, 0.25) is 0 Å². The summed E-state index contributed by atoms with van der Waals surface area (Å²) in [4.78, 5) is 11.8. The molecule has 5 nitrogen and oxygen atoms in total. The predicted molar refractivity (Wildman–Crippen MR) is 70.6 cm³/mol. The molecule has 1 heterocycles. The first-order valence-corrected chi connectivity index (χ1v) is 6.79. The third-order valence-corrected chi connectivity index (χ3v) is 2.69. The summed E-state index contributed by atoms with van der Waals surface area (Å²) < 4.78 is 16.7. The normalized spacial score (nSPS) is 27.1.